The summed E-state index contributed by atoms with van der Waals surface area (Å²) in [6.07, 6.45) is 4.70. The largest absolute Gasteiger partial charge is 0.353 e. The monoisotopic (exact) mass is 411 g/mol. The molecule has 1 N–H and O–H groups in total. The van der Waals surface area contributed by atoms with Crippen LogP contribution in [0.25, 0.3) is 11.3 Å². The number of carbonyl (C=O) groups is 1. The van der Waals surface area contributed by atoms with E-state index in [1.165, 1.54) is 25.0 Å². The molecule has 1 aromatic carbocycles. The lowest BCUT2D eigenvalue weighted by atomic mass is 9.87. The summed E-state index contributed by atoms with van der Waals surface area (Å²) in [5.41, 5.74) is 1.57. The minimum Gasteiger partial charge on any atom is -0.353 e. The Morgan fingerprint density at radius 2 is 1.83 bits per heavy atom. The first kappa shape index (κ1) is 20.7. The molecule has 4 rings (SSSR count). The van der Waals surface area contributed by atoms with Gasteiger partial charge in [0.15, 0.2) is 5.82 Å². The molecule has 2 unspecified atom stereocenters. The third-order valence-corrected chi connectivity index (χ3v) is 6.16. The summed E-state index contributed by atoms with van der Waals surface area (Å²) in [6, 6.07) is 10.5. The van der Waals surface area contributed by atoms with Crippen LogP contribution in [-0.4, -0.2) is 59.8 Å². The normalized spacial score (nSPS) is 22.7. The second-order valence-electron chi connectivity index (χ2n) is 8.58. The van der Waals surface area contributed by atoms with Crippen LogP contribution >= 0.6 is 0 Å². The predicted molar refractivity (Wildman–Crippen MR) is 116 cm³/mol. The average molecular weight is 412 g/mol. The number of hydrogen-bond acceptors (Lipinski definition) is 5. The van der Waals surface area contributed by atoms with Gasteiger partial charge in [0.25, 0.3) is 0 Å². The molecule has 7 heteroatoms. The standard InChI is InChI=1S/C23H30FN5O/c1-17-3-2-4-20(15-17)25-23(30)16-28-11-13-29(14-12-28)22-10-9-21(26-27-22)18-5-7-19(24)8-6-18/h5-10,17,20H,2-4,11-16H2,1H3,(H,25,30). The van der Waals surface area contributed by atoms with Crippen molar-refractivity contribution in [2.75, 3.05) is 37.6 Å². The summed E-state index contributed by atoms with van der Waals surface area (Å²) < 4.78 is 13.1. The number of aromatic nitrogens is 2. The molecule has 2 atom stereocenters. The lowest BCUT2D eigenvalue weighted by Crippen LogP contribution is -2.51. The fourth-order valence-electron chi connectivity index (χ4n) is 4.45. The Hall–Kier alpha value is -2.54. The molecule has 1 aromatic heterocycles. The van der Waals surface area contributed by atoms with E-state index in [9.17, 15) is 9.18 Å². The highest BCUT2D eigenvalue weighted by Gasteiger charge is 2.23. The molecule has 0 radical (unpaired) electrons. The molecule has 2 fully saturated rings. The topological polar surface area (TPSA) is 61.4 Å². The number of rotatable bonds is 5. The molecule has 30 heavy (non-hydrogen) atoms. The first-order chi connectivity index (χ1) is 14.6. The van der Waals surface area contributed by atoms with E-state index in [-0.39, 0.29) is 11.7 Å². The van der Waals surface area contributed by atoms with Crippen molar-refractivity contribution >= 4 is 11.7 Å². The Kier molecular flexibility index (Phi) is 6.57. The summed E-state index contributed by atoms with van der Waals surface area (Å²) in [5, 5.41) is 11.9. The Bertz CT molecular complexity index is 834. The van der Waals surface area contributed by atoms with E-state index in [1.807, 2.05) is 12.1 Å². The van der Waals surface area contributed by atoms with Crippen molar-refractivity contribution in [1.29, 1.82) is 0 Å². The van der Waals surface area contributed by atoms with E-state index in [4.69, 9.17) is 0 Å². The first-order valence-electron chi connectivity index (χ1n) is 10.9. The lowest BCUT2D eigenvalue weighted by molar-refractivity contribution is -0.123. The van der Waals surface area contributed by atoms with Crippen LogP contribution < -0.4 is 10.2 Å². The van der Waals surface area contributed by atoms with Gasteiger partial charge in [-0.1, -0.05) is 19.8 Å². The Balaban J connectivity index is 1.25. The quantitative estimate of drug-likeness (QED) is 0.819. The lowest BCUT2D eigenvalue weighted by Gasteiger charge is -2.35. The van der Waals surface area contributed by atoms with Gasteiger partial charge in [0.1, 0.15) is 5.82 Å². The van der Waals surface area contributed by atoms with Crippen molar-refractivity contribution in [3.05, 3.63) is 42.2 Å². The van der Waals surface area contributed by atoms with Gasteiger partial charge in [-0.15, -0.1) is 10.2 Å². The van der Waals surface area contributed by atoms with Crippen molar-refractivity contribution in [3.8, 4) is 11.3 Å². The molecular formula is C23H30FN5O. The molecule has 160 valence electrons. The number of amides is 1. The van der Waals surface area contributed by atoms with E-state index in [1.54, 1.807) is 12.1 Å². The Morgan fingerprint density at radius 1 is 1.07 bits per heavy atom. The zero-order chi connectivity index (χ0) is 20.9. The number of piperazine rings is 1. The Morgan fingerprint density at radius 3 is 2.50 bits per heavy atom. The minimum absolute atomic E-state index is 0.144. The zero-order valence-corrected chi connectivity index (χ0v) is 17.6. The van der Waals surface area contributed by atoms with E-state index in [0.29, 0.717) is 18.5 Å². The number of benzene rings is 1. The number of halogens is 1. The molecule has 1 amide bonds. The summed E-state index contributed by atoms with van der Waals surface area (Å²) in [4.78, 5) is 16.8. The smallest absolute Gasteiger partial charge is 0.234 e. The molecule has 2 aliphatic rings. The van der Waals surface area contributed by atoms with Gasteiger partial charge in [-0.2, -0.15) is 0 Å². The van der Waals surface area contributed by atoms with Gasteiger partial charge in [0.2, 0.25) is 5.91 Å². The van der Waals surface area contributed by atoms with Crippen molar-refractivity contribution in [2.45, 2.75) is 38.6 Å². The van der Waals surface area contributed by atoms with Crippen molar-refractivity contribution in [2.24, 2.45) is 5.92 Å². The van der Waals surface area contributed by atoms with E-state index >= 15 is 0 Å². The molecule has 2 aromatic rings. The van der Waals surface area contributed by atoms with Gasteiger partial charge < -0.3 is 10.2 Å². The number of hydrogen-bond donors (Lipinski definition) is 1. The zero-order valence-electron chi connectivity index (χ0n) is 17.6. The van der Waals surface area contributed by atoms with E-state index in [0.717, 1.165) is 56.1 Å². The summed E-state index contributed by atoms with van der Waals surface area (Å²) >= 11 is 0. The predicted octanol–water partition coefficient (Wildman–Crippen LogP) is 3.10. The highest BCUT2D eigenvalue weighted by atomic mass is 19.1. The number of carbonyl (C=O) groups excluding carboxylic acids is 1. The fourth-order valence-corrected chi connectivity index (χ4v) is 4.45. The second-order valence-corrected chi connectivity index (χ2v) is 8.58. The van der Waals surface area contributed by atoms with Gasteiger partial charge >= 0.3 is 0 Å². The molecule has 1 saturated carbocycles. The summed E-state index contributed by atoms with van der Waals surface area (Å²) in [6.45, 7) is 6.03. The third-order valence-electron chi connectivity index (χ3n) is 6.16. The summed E-state index contributed by atoms with van der Waals surface area (Å²) in [5.74, 6) is 1.43. The molecule has 0 spiro atoms. The SMILES string of the molecule is CC1CCCC(NC(=O)CN2CCN(c3ccc(-c4ccc(F)cc4)nn3)CC2)C1. The maximum absolute atomic E-state index is 13.1. The first-order valence-corrected chi connectivity index (χ1v) is 10.9. The van der Waals surface area contributed by atoms with Crippen LogP contribution in [0.15, 0.2) is 36.4 Å². The second kappa shape index (κ2) is 9.51. The van der Waals surface area contributed by atoms with Crippen LogP contribution in [0.4, 0.5) is 10.2 Å². The van der Waals surface area contributed by atoms with Crippen LogP contribution in [0.5, 0.6) is 0 Å². The highest BCUT2D eigenvalue weighted by Crippen LogP contribution is 2.23. The van der Waals surface area contributed by atoms with Gasteiger partial charge in [-0.05, 0) is 55.2 Å². The number of anilines is 1. The minimum atomic E-state index is -0.261. The highest BCUT2D eigenvalue weighted by molar-refractivity contribution is 5.78. The van der Waals surface area contributed by atoms with Gasteiger partial charge in [-0.25, -0.2) is 4.39 Å². The molecule has 0 bridgehead atoms. The molecule has 1 aliphatic heterocycles. The average Bonchev–Trinajstić information content (AvgIpc) is 2.75. The van der Waals surface area contributed by atoms with Gasteiger partial charge in [0.05, 0.1) is 12.2 Å². The van der Waals surface area contributed by atoms with Crippen molar-refractivity contribution < 1.29 is 9.18 Å². The van der Waals surface area contributed by atoms with Crippen LogP contribution in [0.2, 0.25) is 0 Å². The van der Waals surface area contributed by atoms with Gasteiger partial charge in [-0.3, -0.25) is 9.69 Å². The number of nitrogens with one attached hydrogen (secondary N) is 1. The van der Waals surface area contributed by atoms with Crippen molar-refractivity contribution in [1.82, 2.24) is 20.4 Å². The fraction of sp³-hybridized carbons (Fsp3) is 0.522. The van der Waals surface area contributed by atoms with Crippen LogP contribution in [-0.2, 0) is 4.79 Å². The molecule has 2 heterocycles. The molecule has 1 aliphatic carbocycles. The third kappa shape index (κ3) is 5.33. The van der Waals surface area contributed by atoms with E-state index in [2.05, 4.69) is 32.2 Å². The van der Waals surface area contributed by atoms with E-state index < -0.39 is 0 Å². The Labute approximate surface area is 177 Å². The number of nitrogens with zero attached hydrogens (tertiary/aromatic N) is 4. The van der Waals surface area contributed by atoms with Crippen LogP contribution in [0.3, 0.4) is 0 Å². The maximum atomic E-state index is 13.1. The molecule has 1 saturated heterocycles. The maximum Gasteiger partial charge on any atom is 0.234 e. The molecular weight excluding hydrogens is 381 g/mol. The van der Waals surface area contributed by atoms with Crippen LogP contribution in [0.1, 0.15) is 32.6 Å². The van der Waals surface area contributed by atoms with Crippen LogP contribution in [0, 0.1) is 11.7 Å². The molecule has 6 nitrogen and oxygen atoms in total. The summed E-state index contributed by atoms with van der Waals surface area (Å²) in [7, 11) is 0. The van der Waals surface area contributed by atoms with Crippen molar-refractivity contribution in [3.63, 3.8) is 0 Å². The van der Waals surface area contributed by atoms with Gasteiger partial charge in [0, 0.05) is 37.8 Å².